The van der Waals surface area contributed by atoms with Crippen molar-refractivity contribution in [2.45, 2.75) is 38.6 Å². The molecule has 4 heteroatoms. The lowest BCUT2D eigenvalue weighted by Gasteiger charge is -2.22. The fraction of sp³-hybridized carbons (Fsp3) is 0.909. The Kier molecular flexibility index (Phi) is 5.65. The summed E-state index contributed by atoms with van der Waals surface area (Å²) in [7, 11) is 0. The second-order valence-electron chi connectivity index (χ2n) is 4.04. The van der Waals surface area contributed by atoms with E-state index in [1.54, 1.807) is 0 Å². The van der Waals surface area contributed by atoms with Crippen LogP contribution in [0.5, 0.6) is 0 Å². The van der Waals surface area contributed by atoms with E-state index < -0.39 is 5.97 Å². The molecule has 1 rings (SSSR count). The molecule has 1 unspecified atom stereocenters. The molecule has 1 saturated heterocycles. The third-order valence-electron chi connectivity index (χ3n) is 2.78. The highest BCUT2D eigenvalue weighted by atomic mass is 16.5. The topological polar surface area (TPSA) is 49.8 Å². The lowest BCUT2D eigenvalue weighted by atomic mass is 10.1. The first-order chi connectivity index (χ1) is 7.24. The molecule has 0 bridgehead atoms. The Morgan fingerprint density at radius 3 is 3.00 bits per heavy atom. The van der Waals surface area contributed by atoms with E-state index in [4.69, 9.17) is 9.84 Å². The molecule has 0 saturated carbocycles. The first kappa shape index (κ1) is 12.5. The Bertz CT molecular complexity index is 196. The number of hydrogen-bond acceptors (Lipinski definition) is 3. The zero-order valence-corrected chi connectivity index (χ0v) is 9.45. The predicted octanol–water partition coefficient (Wildman–Crippen LogP) is 1.35. The van der Waals surface area contributed by atoms with Crippen LogP contribution in [0.4, 0.5) is 0 Å². The number of rotatable bonds is 7. The van der Waals surface area contributed by atoms with E-state index in [0.717, 1.165) is 45.6 Å². The average molecular weight is 215 g/mol. The van der Waals surface area contributed by atoms with Gasteiger partial charge in [0, 0.05) is 19.2 Å². The van der Waals surface area contributed by atoms with Crippen LogP contribution in [-0.4, -0.2) is 48.3 Å². The number of likely N-dealkylation sites (tertiary alicyclic amines) is 1. The van der Waals surface area contributed by atoms with Crippen LogP contribution in [0.2, 0.25) is 0 Å². The SMILES string of the molecule is CCCOCCN1CCCC1CC(=O)O. The minimum absolute atomic E-state index is 0.229. The van der Waals surface area contributed by atoms with E-state index in [1.165, 1.54) is 0 Å². The van der Waals surface area contributed by atoms with Crippen molar-refractivity contribution in [3.8, 4) is 0 Å². The molecule has 1 aliphatic heterocycles. The van der Waals surface area contributed by atoms with Gasteiger partial charge in [-0.25, -0.2) is 0 Å². The number of ether oxygens (including phenoxy) is 1. The van der Waals surface area contributed by atoms with Gasteiger partial charge in [-0.15, -0.1) is 0 Å². The lowest BCUT2D eigenvalue weighted by molar-refractivity contribution is -0.138. The van der Waals surface area contributed by atoms with E-state index >= 15 is 0 Å². The van der Waals surface area contributed by atoms with Crippen LogP contribution in [0.3, 0.4) is 0 Å². The molecule has 0 aliphatic carbocycles. The van der Waals surface area contributed by atoms with Crippen LogP contribution in [0, 0.1) is 0 Å². The average Bonchev–Trinajstić information content (AvgIpc) is 2.59. The van der Waals surface area contributed by atoms with Gasteiger partial charge in [-0.1, -0.05) is 6.92 Å². The number of carboxylic acids is 1. The summed E-state index contributed by atoms with van der Waals surface area (Å²) < 4.78 is 5.41. The molecule has 1 fully saturated rings. The number of carboxylic acid groups (broad SMARTS) is 1. The summed E-state index contributed by atoms with van der Waals surface area (Å²) in [5.41, 5.74) is 0. The van der Waals surface area contributed by atoms with Gasteiger partial charge >= 0.3 is 5.97 Å². The minimum Gasteiger partial charge on any atom is -0.481 e. The van der Waals surface area contributed by atoms with Crippen molar-refractivity contribution >= 4 is 5.97 Å². The third kappa shape index (κ3) is 4.62. The van der Waals surface area contributed by atoms with Crippen molar-refractivity contribution in [2.75, 3.05) is 26.3 Å². The van der Waals surface area contributed by atoms with Gasteiger partial charge in [-0.3, -0.25) is 9.69 Å². The summed E-state index contributed by atoms with van der Waals surface area (Å²) in [6, 6.07) is 0.229. The molecule has 0 spiro atoms. The maximum absolute atomic E-state index is 10.6. The Morgan fingerprint density at radius 2 is 2.33 bits per heavy atom. The van der Waals surface area contributed by atoms with E-state index in [2.05, 4.69) is 11.8 Å². The van der Waals surface area contributed by atoms with Gasteiger partial charge in [0.1, 0.15) is 0 Å². The van der Waals surface area contributed by atoms with Crippen LogP contribution < -0.4 is 0 Å². The highest BCUT2D eigenvalue weighted by Crippen LogP contribution is 2.19. The molecule has 0 aromatic carbocycles. The largest absolute Gasteiger partial charge is 0.481 e. The maximum atomic E-state index is 10.6. The van der Waals surface area contributed by atoms with Gasteiger partial charge in [-0.2, -0.15) is 0 Å². The van der Waals surface area contributed by atoms with Crippen molar-refractivity contribution in [3.05, 3.63) is 0 Å². The lowest BCUT2D eigenvalue weighted by Crippen LogP contribution is -2.34. The minimum atomic E-state index is -0.693. The van der Waals surface area contributed by atoms with E-state index in [9.17, 15) is 4.79 Å². The first-order valence-electron chi connectivity index (χ1n) is 5.77. The fourth-order valence-electron chi connectivity index (χ4n) is 2.05. The Balaban J connectivity index is 2.18. The van der Waals surface area contributed by atoms with Crippen molar-refractivity contribution < 1.29 is 14.6 Å². The molecule has 0 radical (unpaired) electrons. The molecule has 1 aliphatic rings. The van der Waals surface area contributed by atoms with Crippen LogP contribution in [-0.2, 0) is 9.53 Å². The number of hydrogen-bond donors (Lipinski definition) is 1. The Morgan fingerprint density at radius 1 is 1.53 bits per heavy atom. The summed E-state index contributed by atoms with van der Waals surface area (Å²) in [4.78, 5) is 12.9. The normalized spacial score (nSPS) is 22.1. The third-order valence-corrected chi connectivity index (χ3v) is 2.78. The second-order valence-corrected chi connectivity index (χ2v) is 4.04. The zero-order chi connectivity index (χ0) is 11.1. The van der Waals surface area contributed by atoms with Gasteiger partial charge in [0.05, 0.1) is 13.0 Å². The molecule has 1 N–H and O–H groups in total. The first-order valence-corrected chi connectivity index (χ1v) is 5.77. The molecule has 1 heterocycles. The standard InChI is InChI=1S/C11H21NO3/c1-2-7-15-8-6-12-5-3-4-10(12)9-11(13)14/h10H,2-9H2,1H3,(H,13,14). The highest BCUT2D eigenvalue weighted by molar-refractivity contribution is 5.67. The van der Waals surface area contributed by atoms with Crippen LogP contribution in [0.15, 0.2) is 0 Å². The highest BCUT2D eigenvalue weighted by Gasteiger charge is 2.25. The fourth-order valence-corrected chi connectivity index (χ4v) is 2.05. The van der Waals surface area contributed by atoms with Gasteiger partial charge < -0.3 is 9.84 Å². The summed E-state index contributed by atoms with van der Waals surface area (Å²) in [6.07, 6.45) is 3.44. The van der Waals surface area contributed by atoms with Crippen LogP contribution in [0.1, 0.15) is 32.6 Å². The summed E-state index contributed by atoms with van der Waals surface area (Å²) in [5.74, 6) is -0.693. The van der Waals surface area contributed by atoms with E-state index in [0.29, 0.717) is 0 Å². The Labute approximate surface area is 91.2 Å². The van der Waals surface area contributed by atoms with Gasteiger partial charge in [-0.05, 0) is 25.8 Å². The molecule has 0 aromatic heterocycles. The van der Waals surface area contributed by atoms with Crippen molar-refractivity contribution in [1.29, 1.82) is 0 Å². The van der Waals surface area contributed by atoms with Crippen molar-refractivity contribution in [3.63, 3.8) is 0 Å². The summed E-state index contributed by atoms with van der Waals surface area (Å²) >= 11 is 0. The monoisotopic (exact) mass is 215 g/mol. The number of nitrogens with zero attached hydrogens (tertiary/aromatic N) is 1. The smallest absolute Gasteiger partial charge is 0.304 e. The number of carbonyl (C=O) groups is 1. The van der Waals surface area contributed by atoms with Crippen LogP contribution in [0.25, 0.3) is 0 Å². The van der Waals surface area contributed by atoms with E-state index in [1.807, 2.05) is 0 Å². The van der Waals surface area contributed by atoms with E-state index in [-0.39, 0.29) is 12.5 Å². The molecular formula is C11H21NO3. The van der Waals surface area contributed by atoms with Crippen LogP contribution >= 0.6 is 0 Å². The molecule has 1 atom stereocenters. The van der Waals surface area contributed by atoms with Crippen molar-refractivity contribution in [1.82, 2.24) is 4.90 Å². The predicted molar refractivity (Wildman–Crippen MR) is 58.0 cm³/mol. The molecular weight excluding hydrogens is 194 g/mol. The quantitative estimate of drug-likeness (QED) is 0.651. The zero-order valence-electron chi connectivity index (χ0n) is 9.45. The molecule has 4 nitrogen and oxygen atoms in total. The molecule has 0 amide bonds. The Hall–Kier alpha value is -0.610. The molecule has 0 aromatic rings. The molecule has 15 heavy (non-hydrogen) atoms. The van der Waals surface area contributed by atoms with Gasteiger partial charge in [0.15, 0.2) is 0 Å². The second kappa shape index (κ2) is 6.80. The maximum Gasteiger partial charge on any atom is 0.304 e. The number of aliphatic carboxylic acids is 1. The molecule has 88 valence electrons. The van der Waals surface area contributed by atoms with Gasteiger partial charge in [0.25, 0.3) is 0 Å². The van der Waals surface area contributed by atoms with Gasteiger partial charge in [0.2, 0.25) is 0 Å². The summed E-state index contributed by atoms with van der Waals surface area (Å²) in [6.45, 7) is 5.51. The summed E-state index contributed by atoms with van der Waals surface area (Å²) in [5, 5.41) is 8.74. The van der Waals surface area contributed by atoms with Crippen molar-refractivity contribution in [2.24, 2.45) is 0 Å².